The molecule has 250 valence electrons. The first-order valence-corrected chi connectivity index (χ1v) is 17.2. The Bertz CT molecular complexity index is 1170. The fourth-order valence-electron chi connectivity index (χ4n) is 6.05. The average molecular weight is 641 g/mol. The van der Waals surface area contributed by atoms with Gasteiger partial charge in [0.1, 0.15) is 17.9 Å². The van der Waals surface area contributed by atoms with Crippen molar-refractivity contribution in [2.45, 2.75) is 102 Å². The molecular weight excluding hydrogens is 588 g/mol. The number of aldehydes is 1. The van der Waals surface area contributed by atoms with Crippen LogP contribution in [0.15, 0.2) is 12.2 Å². The molecule has 0 aromatic carbocycles. The molecule has 4 N–H and O–H groups in total. The minimum Gasteiger partial charge on any atom is -0.480 e. The Morgan fingerprint density at radius 2 is 1.80 bits per heavy atom. The molecule has 14 heteroatoms. The average Bonchev–Trinajstić information content (AvgIpc) is 3.48. The highest BCUT2D eigenvalue weighted by atomic mass is 32.2. The van der Waals surface area contributed by atoms with Crippen molar-refractivity contribution >= 4 is 34.4 Å². The normalized spacial score (nSPS) is 27.2. The number of rotatable bonds is 15. The van der Waals surface area contributed by atoms with Crippen molar-refractivity contribution in [3.8, 4) is 0 Å². The van der Waals surface area contributed by atoms with Gasteiger partial charge in [0.25, 0.3) is 10.2 Å². The fraction of sp³-hybridized carbons (Fsp3) is 0.800. The second-order valence-corrected chi connectivity index (χ2v) is 15.4. The van der Waals surface area contributed by atoms with E-state index in [1.165, 1.54) is 8.61 Å². The number of likely N-dealkylation sites (tertiary alicyclic amines) is 1. The number of amides is 3. The molecule has 3 rings (SSSR count). The van der Waals surface area contributed by atoms with E-state index < -0.39 is 51.3 Å². The van der Waals surface area contributed by atoms with Crippen LogP contribution >= 0.6 is 0 Å². The maximum Gasteiger partial charge on any atom is 0.324 e. The van der Waals surface area contributed by atoms with E-state index in [0.29, 0.717) is 51.7 Å². The number of unbranched alkanes of at least 4 members (excludes halogenated alkanes) is 3. The van der Waals surface area contributed by atoms with Crippen LogP contribution in [0.4, 0.5) is 4.79 Å². The Morgan fingerprint density at radius 1 is 1.07 bits per heavy atom. The van der Waals surface area contributed by atoms with Gasteiger partial charge in [-0.3, -0.25) is 9.59 Å². The molecule has 0 aromatic rings. The van der Waals surface area contributed by atoms with Crippen LogP contribution in [0.25, 0.3) is 0 Å². The predicted octanol–water partition coefficient (Wildman–Crippen LogP) is 1.71. The minimum absolute atomic E-state index is 0.0196. The number of allylic oxidation sites excluding steroid dienone is 1. The molecule has 0 aromatic heterocycles. The molecule has 1 aliphatic carbocycles. The van der Waals surface area contributed by atoms with Crippen LogP contribution in [-0.4, -0.2) is 115 Å². The second kappa shape index (κ2) is 15.2. The molecule has 1 saturated carbocycles. The topological polar surface area (TPSA) is 168 Å². The number of nitrogens with one attached hydrogen (secondary N) is 3. The van der Waals surface area contributed by atoms with Crippen LogP contribution in [0.1, 0.15) is 78.6 Å². The molecular formula is C30H52N6O7S. The Morgan fingerprint density at radius 3 is 2.41 bits per heavy atom. The summed E-state index contributed by atoms with van der Waals surface area (Å²) in [6.45, 7) is 7.18. The van der Waals surface area contributed by atoms with Crippen LogP contribution in [0, 0.1) is 11.3 Å². The van der Waals surface area contributed by atoms with E-state index in [4.69, 9.17) is 0 Å². The molecule has 3 fully saturated rings. The van der Waals surface area contributed by atoms with E-state index >= 15 is 0 Å². The summed E-state index contributed by atoms with van der Waals surface area (Å²) in [5.74, 6) is -1.14. The van der Waals surface area contributed by atoms with Crippen LogP contribution in [0.5, 0.6) is 0 Å². The molecule has 3 aliphatic rings. The number of carbonyl (C=O) groups excluding carboxylic acids is 3. The van der Waals surface area contributed by atoms with Gasteiger partial charge in [0.15, 0.2) is 0 Å². The van der Waals surface area contributed by atoms with E-state index in [-0.39, 0.29) is 18.4 Å². The van der Waals surface area contributed by atoms with E-state index in [1.54, 1.807) is 19.0 Å². The molecule has 44 heavy (non-hydrogen) atoms. The Balaban J connectivity index is 1.59. The predicted molar refractivity (Wildman–Crippen MR) is 167 cm³/mol. The third kappa shape index (κ3) is 8.79. The molecule has 2 unspecified atom stereocenters. The number of hydrogen-bond donors (Lipinski definition) is 4. The number of likely N-dealkylation sites (N-methyl/N-ethyl adjacent to an activating group) is 1. The summed E-state index contributed by atoms with van der Waals surface area (Å²) in [5.41, 5.74) is -1.32. The van der Waals surface area contributed by atoms with Crippen LogP contribution in [0.3, 0.4) is 0 Å². The summed E-state index contributed by atoms with van der Waals surface area (Å²) >= 11 is 0. The summed E-state index contributed by atoms with van der Waals surface area (Å²) in [4.78, 5) is 51.5. The SMILES string of the molecule is CN[C@]1(C(=O)O)CC1/C=C\CCCCC[C@H](NC(=O)NC(CN1CCCN(C)S1(=O)=O)C(C)(C)C)C(=O)N1CCC[C@H]1C=O. The molecule has 5 atom stereocenters. The largest absolute Gasteiger partial charge is 0.480 e. The summed E-state index contributed by atoms with van der Waals surface area (Å²) < 4.78 is 28.4. The third-order valence-corrected chi connectivity index (χ3v) is 11.2. The van der Waals surface area contributed by atoms with Gasteiger partial charge in [-0.1, -0.05) is 45.8 Å². The van der Waals surface area contributed by atoms with Gasteiger partial charge in [-0.15, -0.1) is 0 Å². The van der Waals surface area contributed by atoms with Gasteiger partial charge >= 0.3 is 12.0 Å². The molecule has 2 saturated heterocycles. The summed E-state index contributed by atoms with van der Waals surface area (Å²) in [7, 11) is -0.408. The smallest absolute Gasteiger partial charge is 0.324 e. The lowest BCUT2D eigenvalue weighted by atomic mass is 9.86. The van der Waals surface area contributed by atoms with Gasteiger partial charge in [0.05, 0.1) is 6.04 Å². The molecule has 13 nitrogen and oxygen atoms in total. The van der Waals surface area contributed by atoms with Crippen LogP contribution in [-0.2, 0) is 24.6 Å². The number of carbonyl (C=O) groups is 4. The second-order valence-electron chi connectivity index (χ2n) is 13.4. The maximum atomic E-state index is 13.5. The third-order valence-electron chi connectivity index (χ3n) is 9.25. The highest BCUT2D eigenvalue weighted by molar-refractivity contribution is 7.86. The quantitative estimate of drug-likeness (QED) is 0.119. The van der Waals surface area contributed by atoms with E-state index in [2.05, 4.69) is 16.0 Å². The molecule has 2 aliphatic heterocycles. The fourth-order valence-corrected chi connectivity index (χ4v) is 7.51. The van der Waals surface area contributed by atoms with Gasteiger partial charge in [-0.25, -0.2) is 4.79 Å². The van der Waals surface area contributed by atoms with Crippen molar-refractivity contribution < 1.29 is 32.7 Å². The number of nitrogens with zero attached hydrogens (tertiary/aromatic N) is 3. The van der Waals surface area contributed by atoms with E-state index in [1.807, 2.05) is 32.9 Å². The zero-order chi connectivity index (χ0) is 32.7. The van der Waals surface area contributed by atoms with Crippen molar-refractivity contribution in [1.82, 2.24) is 29.5 Å². The molecule has 3 amide bonds. The number of carboxylic acid groups (broad SMARTS) is 1. The Kier molecular flexibility index (Phi) is 12.4. The Labute approximate surface area is 262 Å². The van der Waals surface area contributed by atoms with Crippen LogP contribution in [0.2, 0.25) is 0 Å². The lowest BCUT2D eigenvalue weighted by Crippen LogP contribution is -2.59. The Hall–Kier alpha value is -2.55. The highest BCUT2D eigenvalue weighted by Crippen LogP contribution is 2.44. The van der Waals surface area contributed by atoms with Crippen molar-refractivity contribution in [2.24, 2.45) is 11.3 Å². The van der Waals surface area contributed by atoms with Crippen LogP contribution < -0.4 is 16.0 Å². The lowest BCUT2D eigenvalue weighted by Gasteiger charge is -2.39. The monoisotopic (exact) mass is 640 g/mol. The van der Waals surface area contributed by atoms with Gasteiger partial charge in [-0.2, -0.15) is 17.0 Å². The molecule has 2 heterocycles. The zero-order valence-electron chi connectivity index (χ0n) is 26.9. The van der Waals surface area contributed by atoms with Crippen molar-refractivity contribution in [3.05, 3.63) is 12.2 Å². The first-order chi connectivity index (χ1) is 20.7. The van der Waals surface area contributed by atoms with E-state index in [0.717, 1.165) is 32.0 Å². The number of hydrogen-bond acceptors (Lipinski definition) is 7. The van der Waals surface area contributed by atoms with E-state index in [9.17, 15) is 32.7 Å². The first kappa shape index (κ1) is 35.9. The zero-order valence-corrected chi connectivity index (χ0v) is 27.7. The summed E-state index contributed by atoms with van der Waals surface area (Å²) in [5, 5.41) is 18.1. The first-order valence-electron chi connectivity index (χ1n) is 15.8. The van der Waals surface area contributed by atoms with Crippen molar-refractivity contribution in [2.75, 3.05) is 40.3 Å². The highest BCUT2D eigenvalue weighted by Gasteiger charge is 2.58. The van der Waals surface area contributed by atoms with Gasteiger partial charge < -0.3 is 30.8 Å². The molecule has 0 radical (unpaired) electrons. The van der Waals surface area contributed by atoms with Gasteiger partial charge in [-0.05, 0) is 57.4 Å². The van der Waals surface area contributed by atoms with Crippen molar-refractivity contribution in [1.29, 1.82) is 0 Å². The number of carboxylic acids is 1. The molecule has 0 bridgehead atoms. The maximum absolute atomic E-state index is 13.5. The van der Waals surface area contributed by atoms with Gasteiger partial charge in [0, 0.05) is 45.2 Å². The van der Waals surface area contributed by atoms with Gasteiger partial charge in [0.2, 0.25) is 5.91 Å². The summed E-state index contributed by atoms with van der Waals surface area (Å²) in [6.07, 6.45) is 10.8. The minimum atomic E-state index is -3.62. The van der Waals surface area contributed by atoms with Crippen molar-refractivity contribution in [3.63, 3.8) is 0 Å². The number of urea groups is 1. The number of aliphatic carboxylic acids is 1. The standard InChI is InChI=1S/C30H52N6O7S/c1-29(2,3)25(20-35-17-12-16-34(5)44(35,42)43)33-28(41)32-24(26(38)36-18-11-14-23(36)21-37)15-10-8-6-7-9-13-22-19-30(22,31-4)27(39)40/h9,13,21-25,31H,6-8,10-12,14-20H2,1-5H3,(H,39,40)(H2,32,33,41)/b13-9-/t22?,23-,24-,25?,30+/m0/s1. The lowest BCUT2D eigenvalue weighted by molar-refractivity contribution is -0.140. The molecule has 0 spiro atoms. The summed E-state index contributed by atoms with van der Waals surface area (Å²) in [6, 6.07) is -2.39.